The zero-order valence-corrected chi connectivity index (χ0v) is 12.1. The standard InChI is InChI=1S/C15H16ClNS/c1-11(12-7-9-17-10-8-12)15(16)13-5-3-4-6-14(13)18-2/h3-11,15H,1-2H3. The van der Waals surface area contributed by atoms with E-state index in [9.17, 15) is 0 Å². The van der Waals surface area contributed by atoms with Gasteiger partial charge in [-0.1, -0.05) is 25.1 Å². The van der Waals surface area contributed by atoms with Crippen molar-refractivity contribution in [1.29, 1.82) is 0 Å². The minimum Gasteiger partial charge on any atom is -0.265 e. The van der Waals surface area contributed by atoms with Gasteiger partial charge in [0.05, 0.1) is 5.38 Å². The smallest absolute Gasteiger partial charge is 0.0662 e. The molecule has 1 heterocycles. The topological polar surface area (TPSA) is 12.9 Å². The summed E-state index contributed by atoms with van der Waals surface area (Å²) in [5.74, 6) is 0.267. The van der Waals surface area contributed by atoms with Crippen LogP contribution in [0.4, 0.5) is 0 Å². The Kier molecular flexibility index (Phi) is 4.67. The van der Waals surface area contributed by atoms with Crippen LogP contribution in [0.5, 0.6) is 0 Å². The van der Waals surface area contributed by atoms with E-state index in [0.717, 1.165) is 0 Å². The van der Waals surface area contributed by atoms with Crippen LogP contribution in [0.3, 0.4) is 0 Å². The number of rotatable bonds is 4. The number of benzene rings is 1. The van der Waals surface area contributed by atoms with E-state index in [4.69, 9.17) is 11.6 Å². The molecule has 2 rings (SSSR count). The average Bonchev–Trinajstić information content (AvgIpc) is 2.46. The molecule has 2 aromatic rings. The molecule has 0 spiro atoms. The van der Waals surface area contributed by atoms with Crippen LogP contribution in [-0.4, -0.2) is 11.2 Å². The van der Waals surface area contributed by atoms with Crippen molar-refractivity contribution in [2.45, 2.75) is 23.1 Å². The molecule has 0 saturated heterocycles. The molecule has 0 saturated carbocycles. The molecule has 0 radical (unpaired) electrons. The predicted octanol–water partition coefficient (Wildman–Crippen LogP) is 4.89. The Morgan fingerprint density at radius 3 is 2.44 bits per heavy atom. The summed E-state index contributed by atoms with van der Waals surface area (Å²) >= 11 is 8.38. The van der Waals surface area contributed by atoms with Crippen LogP contribution in [-0.2, 0) is 0 Å². The van der Waals surface area contributed by atoms with E-state index in [2.05, 4.69) is 36.4 Å². The third-order valence-corrected chi connectivity index (χ3v) is 4.53. The monoisotopic (exact) mass is 277 g/mol. The van der Waals surface area contributed by atoms with E-state index in [1.165, 1.54) is 16.0 Å². The van der Waals surface area contributed by atoms with E-state index in [1.54, 1.807) is 11.8 Å². The second kappa shape index (κ2) is 6.26. The van der Waals surface area contributed by atoms with Crippen molar-refractivity contribution in [2.24, 2.45) is 0 Å². The van der Waals surface area contributed by atoms with Crippen molar-refractivity contribution < 1.29 is 0 Å². The van der Waals surface area contributed by atoms with Gasteiger partial charge in [-0.15, -0.1) is 23.4 Å². The summed E-state index contributed by atoms with van der Waals surface area (Å²) in [6.07, 6.45) is 5.71. The lowest BCUT2D eigenvalue weighted by Crippen LogP contribution is -2.03. The fourth-order valence-electron chi connectivity index (χ4n) is 2.00. The van der Waals surface area contributed by atoms with Gasteiger partial charge in [0.2, 0.25) is 0 Å². The highest BCUT2D eigenvalue weighted by Crippen LogP contribution is 2.39. The third kappa shape index (κ3) is 2.88. The maximum Gasteiger partial charge on any atom is 0.0662 e. The second-order valence-electron chi connectivity index (χ2n) is 4.21. The maximum atomic E-state index is 6.64. The van der Waals surface area contributed by atoms with E-state index >= 15 is 0 Å². The van der Waals surface area contributed by atoms with Crippen molar-refractivity contribution in [3.63, 3.8) is 0 Å². The molecule has 0 aliphatic heterocycles. The molecule has 1 aromatic heterocycles. The number of nitrogens with zero attached hydrogens (tertiary/aromatic N) is 1. The highest BCUT2D eigenvalue weighted by Gasteiger charge is 2.20. The summed E-state index contributed by atoms with van der Waals surface area (Å²) in [4.78, 5) is 5.29. The van der Waals surface area contributed by atoms with E-state index in [1.807, 2.05) is 30.6 Å². The molecule has 2 unspecified atom stereocenters. The second-order valence-corrected chi connectivity index (χ2v) is 5.53. The van der Waals surface area contributed by atoms with Gasteiger partial charge in [0, 0.05) is 23.2 Å². The molecule has 3 heteroatoms. The molecule has 18 heavy (non-hydrogen) atoms. The van der Waals surface area contributed by atoms with Gasteiger partial charge in [-0.3, -0.25) is 4.98 Å². The zero-order chi connectivity index (χ0) is 13.0. The minimum absolute atomic E-state index is 0.0175. The predicted molar refractivity (Wildman–Crippen MR) is 79.5 cm³/mol. The van der Waals surface area contributed by atoms with Crippen molar-refractivity contribution in [1.82, 2.24) is 4.98 Å². The summed E-state index contributed by atoms with van der Waals surface area (Å²) in [5.41, 5.74) is 2.43. The first-order valence-corrected chi connectivity index (χ1v) is 7.57. The van der Waals surface area contributed by atoms with Crippen molar-refractivity contribution in [2.75, 3.05) is 6.26 Å². The van der Waals surface area contributed by atoms with Gasteiger partial charge in [-0.25, -0.2) is 0 Å². The lowest BCUT2D eigenvalue weighted by Gasteiger charge is -2.20. The number of halogens is 1. The van der Waals surface area contributed by atoms with Gasteiger partial charge in [-0.05, 0) is 35.6 Å². The first-order valence-electron chi connectivity index (χ1n) is 5.91. The fraction of sp³-hybridized carbons (Fsp3) is 0.267. The quantitative estimate of drug-likeness (QED) is 0.583. The van der Waals surface area contributed by atoms with E-state index in [0.29, 0.717) is 0 Å². The summed E-state index contributed by atoms with van der Waals surface area (Å²) in [7, 11) is 0. The van der Waals surface area contributed by atoms with Gasteiger partial charge in [0.1, 0.15) is 0 Å². The molecule has 2 atom stereocenters. The molecule has 0 aliphatic rings. The molecule has 1 nitrogen and oxygen atoms in total. The highest BCUT2D eigenvalue weighted by atomic mass is 35.5. The Morgan fingerprint density at radius 2 is 1.78 bits per heavy atom. The van der Waals surface area contributed by atoms with Crippen LogP contribution < -0.4 is 0 Å². The Bertz CT molecular complexity index is 501. The summed E-state index contributed by atoms with van der Waals surface area (Å²) in [6.45, 7) is 2.16. The maximum absolute atomic E-state index is 6.64. The number of thioether (sulfide) groups is 1. The minimum atomic E-state index is -0.0175. The average molecular weight is 278 g/mol. The Balaban J connectivity index is 2.28. The Labute approximate surface area is 118 Å². The zero-order valence-electron chi connectivity index (χ0n) is 10.5. The number of aromatic nitrogens is 1. The fourth-order valence-corrected chi connectivity index (χ4v) is 3.05. The van der Waals surface area contributed by atoms with Gasteiger partial charge in [0.25, 0.3) is 0 Å². The molecular weight excluding hydrogens is 262 g/mol. The van der Waals surface area contributed by atoms with Crippen LogP contribution in [0.1, 0.15) is 29.3 Å². The first kappa shape index (κ1) is 13.4. The summed E-state index contributed by atoms with van der Waals surface area (Å²) in [6, 6.07) is 12.4. The summed E-state index contributed by atoms with van der Waals surface area (Å²) in [5, 5.41) is -0.0175. The van der Waals surface area contributed by atoms with Crippen LogP contribution in [0.25, 0.3) is 0 Å². The summed E-state index contributed by atoms with van der Waals surface area (Å²) < 4.78 is 0. The van der Waals surface area contributed by atoms with Crippen LogP contribution in [0.2, 0.25) is 0 Å². The molecule has 0 fully saturated rings. The normalized spacial score (nSPS) is 14.2. The van der Waals surface area contributed by atoms with Gasteiger partial charge in [-0.2, -0.15) is 0 Å². The SMILES string of the molecule is CSc1ccccc1C(Cl)C(C)c1ccncc1. The van der Waals surface area contributed by atoms with Crippen molar-refractivity contribution >= 4 is 23.4 Å². The Hall–Kier alpha value is -0.990. The third-order valence-electron chi connectivity index (χ3n) is 3.11. The molecule has 0 bridgehead atoms. The van der Waals surface area contributed by atoms with E-state index in [-0.39, 0.29) is 11.3 Å². The van der Waals surface area contributed by atoms with Crippen LogP contribution in [0.15, 0.2) is 53.7 Å². The van der Waals surface area contributed by atoms with Crippen LogP contribution >= 0.6 is 23.4 Å². The molecule has 1 aromatic carbocycles. The van der Waals surface area contributed by atoms with Gasteiger partial charge < -0.3 is 0 Å². The molecule has 94 valence electrons. The molecule has 0 aliphatic carbocycles. The molecule has 0 amide bonds. The Morgan fingerprint density at radius 1 is 1.11 bits per heavy atom. The lowest BCUT2D eigenvalue weighted by molar-refractivity contribution is 0.720. The highest BCUT2D eigenvalue weighted by molar-refractivity contribution is 7.98. The molecule has 0 N–H and O–H groups in total. The molecular formula is C15H16ClNS. The number of pyridine rings is 1. The van der Waals surface area contributed by atoms with Gasteiger partial charge >= 0.3 is 0 Å². The van der Waals surface area contributed by atoms with Crippen molar-refractivity contribution in [3.05, 3.63) is 59.9 Å². The first-order chi connectivity index (χ1) is 8.74. The number of hydrogen-bond donors (Lipinski definition) is 0. The van der Waals surface area contributed by atoms with Gasteiger partial charge in [0.15, 0.2) is 0 Å². The van der Waals surface area contributed by atoms with Crippen LogP contribution in [0, 0.1) is 0 Å². The van der Waals surface area contributed by atoms with E-state index < -0.39 is 0 Å². The number of alkyl halides is 1. The lowest BCUT2D eigenvalue weighted by atomic mass is 9.94. The number of hydrogen-bond acceptors (Lipinski definition) is 2. The van der Waals surface area contributed by atoms with Crippen molar-refractivity contribution in [3.8, 4) is 0 Å². The largest absolute Gasteiger partial charge is 0.265 e.